The molecule has 1 aliphatic heterocycles. The molecule has 1 saturated carbocycles. The van der Waals surface area contributed by atoms with Crippen molar-refractivity contribution >= 4 is 23.5 Å². The highest BCUT2D eigenvalue weighted by molar-refractivity contribution is 5.95. The maximum Gasteiger partial charge on any atom is 0.307 e. The molecule has 6 nitrogen and oxygen atoms in total. The predicted octanol–water partition coefficient (Wildman–Crippen LogP) is 2.32. The number of rotatable bonds is 5. The molecule has 2 atom stereocenters. The highest BCUT2D eigenvalue weighted by atomic mass is 16.4. The molecule has 0 bridgehead atoms. The summed E-state index contributed by atoms with van der Waals surface area (Å²) in [5, 5.41) is 12.2. The van der Waals surface area contributed by atoms with E-state index in [1.54, 1.807) is 4.90 Å². The Morgan fingerprint density at radius 3 is 2.36 bits per heavy atom. The summed E-state index contributed by atoms with van der Waals surface area (Å²) in [5.74, 6) is -1.91. The summed E-state index contributed by atoms with van der Waals surface area (Å²) in [4.78, 5) is 37.2. The van der Waals surface area contributed by atoms with Crippen molar-refractivity contribution in [3.05, 3.63) is 29.8 Å². The molecule has 1 aromatic carbocycles. The quantitative estimate of drug-likeness (QED) is 0.858. The molecule has 6 heteroatoms. The van der Waals surface area contributed by atoms with Gasteiger partial charge in [-0.3, -0.25) is 14.4 Å². The van der Waals surface area contributed by atoms with Crippen LogP contribution in [-0.2, 0) is 20.9 Å². The van der Waals surface area contributed by atoms with Gasteiger partial charge in [-0.25, -0.2) is 0 Å². The van der Waals surface area contributed by atoms with Crippen molar-refractivity contribution in [1.29, 1.82) is 0 Å². The van der Waals surface area contributed by atoms with E-state index in [0.717, 1.165) is 37.1 Å². The number of carbonyl (C=O) groups excluding carboxylic acids is 2. The standard InChI is InChI=1S/C19H24N2O4/c22-17-6-3-11-21(17)14-9-7-13(8-10-14)12-20-18(23)15-4-1-2-5-16(15)19(24)25/h7-10,15-16H,1-6,11-12H2,(H,20,23)(H,24,25)/t15-,16+/m1/s1. The van der Waals surface area contributed by atoms with Crippen molar-refractivity contribution in [1.82, 2.24) is 5.32 Å². The van der Waals surface area contributed by atoms with Gasteiger partial charge in [0, 0.05) is 25.2 Å². The highest BCUT2D eigenvalue weighted by Gasteiger charge is 2.35. The van der Waals surface area contributed by atoms with E-state index < -0.39 is 17.8 Å². The fourth-order valence-electron chi connectivity index (χ4n) is 3.78. The second-order valence-electron chi connectivity index (χ2n) is 6.87. The number of hydrogen-bond acceptors (Lipinski definition) is 3. The first-order valence-electron chi connectivity index (χ1n) is 8.96. The molecule has 3 rings (SSSR count). The van der Waals surface area contributed by atoms with E-state index >= 15 is 0 Å². The number of carboxylic acids is 1. The van der Waals surface area contributed by atoms with Crippen LogP contribution < -0.4 is 10.2 Å². The molecular weight excluding hydrogens is 320 g/mol. The van der Waals surface area contributed by atoms with E-state index in [-0.39, 0.29) is 11.8 Å². The van der Waals surface area contributed by atoms with Gasteiger partial charge in [-0.2, -0.15) is 0 Å². The molecular formula is C19H24N2O4. The fraction of sp³-hybridized carbons (Fsp3) is 0.526. The summed E-state index contributed by atoms with van der Waals surface area (Å²) in [6.07, 6.45) is 4.48. The third-order valence-electron chi connectivity index (χ3n) is 5.21. The number of nitrogens with zero attached hydrogens (tertiary/aromatic N) is 1. The molecule has 1 heterocycles. The Bertz CT molecular complexity index is 656. The number of aliphatic carboxylic acids is 1. The molecule has 2 aliphatic rings. The number of anilines is 1. The van der Waals surface area contributed by atoms with Gasteiger partial charge in [0.2, 0.25) is 11.8 Å². The molecule has 0 radical (unpaired) electrons. The average molecular weight is 344 g/mol. The first-order chi connectivity index (χ1) is 12.1. The van der Waals surface area contributed by atoms with Crippen molar-refractivity contribution in [3.63, 3.8) is 0 Å². The summed E-state index contributed by atoms with van der Waals surface area (Å²) in [7, 11) is 0. The van der Waals surface area contributed by atoms with Crippen molar-refractivity contribution in [3.8, 4) is 0 Å². The second kappa shape index (κ2) is 7.68. The van der Waals surface area contributed by atoms with Gasteiger partial charge < -0.3 is 15.3 Å². The predicted molar refractivity (Wildman–Crippen MR) is 93.0 cm³/mol. The lowest BCUT2D eigenvalue weighted by atomic mass is 9.78. The Kier molecular flexibility index (Phi) is 5.36. The molecule has 2 amide bonds. The summed E-state index contributed by atoms with van der Waals surface area (Å²) in [6, 6.07) is 7.59. The van der Waals surface area contributed by atoms with Crippen molar-refractivity contribution in [2.75, 3.05) is 11.4 Å². The van der Waals surface area contributed by atoms with Gasteiger partial charge >= 0.3 is 5.97 Å². The van der Waals surface area contributed by atoms with Gasteiger partial charge in [0.25, 0.3) is 0 Å². The fourth-order valence-corrected chi connectivity index (χ4v) is 3.78. The topological polar surface area (TPSA) is 86.7 Å². The Labute approximate surface area is 147 Å². The molecule has 0 unspecified atom stereocenters. The summed E-state index contributed by atoms with van der Waals surface area (Å²) in [6.45, 7) is 1.13. The van der Waals surface area contributed by atoms with Gasteiger partial charge in [0.05, 0.1) is 11.8 Å². The zero-order chi connectivity index (χ0) is 17.8. The van der Waals surface area contributed by atoms with Gasteiger partial charge in [-0.1, -0.05) is 25.0 Å². The number of nitrogens with one attached hydrogen (secondary N) is 1. The monoisotopic (exact) mass is 344 g/mol. The minimum absolute atomic E-state index is 0.151. The first kappa shape index (κ1) is 17.5. The van der Waals surface area contributed by atoms with E-state index in [2.05, 4.69) is 5.32 Å². The van der Waals surface area contributed by atoms with E-state index in [0.29, 0.717) is 25.8 Å². The third-order valence-corrected chi connectivity index (χ3v) is 5.21. The Morgan fingerprint density at radius 2 is 1.76 bits per heavy atom. The lowest BCUT2D eigenvalue weighted by Gasteiger charge is -2.27. The Hall–Kier alpha value is -2.37. The minimum Gasteiger partial charge on any atom is -0.481 e. The molecule has 134 valence electrons. The molecule has 0 aromatic heterocycles. The van der Waals surface area contributed by atoms with Crippen LogP contribution in [0.4, 0.5) is 5.69 Å². The van der Waals surface area contributed by atoms with Crippen LogP contribution >= 0.6 is 0 Å². The van der Waals surface area contributed by atoms with E-state index in [9.17, 15) is 19.5 Å². The largest absolute Gasteiger partial charge is 0.481 e. The van der Waals surface area contributed by atoms with E-state index in [1.807, 2.05) is 24.3 Å². The number of carboxylic acid groups (broad SMARTS) is 1. The van der Waals surface area contributed by atoms with Gasteiger partial charge in [-0.15, -0.1) is 0 Å². The third kappa shape index (κ3) is 4.00. The van der Waals surface area contributed by atoms with Gasteiger partial charge in [0.1, 0.15) is 0 Å². The molecule has 1 saturated heterocycles. The smallest absolute Gasteiger partial charge is 0.307 e. The number of carbonyl (C=O) groups is 3. The maximum absolute atomic E-state index is 12.4. The zero-order valence-electron chi connectivity index (χ0n) is 14.2. The van der Waals surface area contributed by atoms with Crippen LogP contribution in [0.3, 0.4) is 0 Å². The van der Waals surface area contributed by atoms with E-state index in [1.165, 1.54) is 0 Å². The van der Waals surface area contributed by atoms with Crippen molar-refractivity contribution in [2.24, 2.45) is 11.8 Å². The second-order valence-corrected chi connectivity index (χ2v) is 6.87. The minimum atomic E-state index is -0.875. The molecule has 0 spiro atoms. The maximum atomic E-state index is 12.4. The lowest BCUT2D eigenvalue weighted by Crippen LogP contribution is -2.39. The van der Waals surface area contributed by atoms with E-state index in [4.69, 9.17) is 0 Å². The Morgan fingerprint density at radius 1 is 1.08 bits per heavy atom. The zero-order valence-corrected chi connectivity index (χ0v) is 14.2. The van der Waals surface area contributed by atoms with Crippen LogP contribution in [0, 0.1) is 11.8 Å². The first-order valence-corrected chi connectivity index (χ1v) is 8.96. The van der Waals surface area contributed by atoms with Crippen LogP contribution in [0.1, 0.15) is 44.1 Å². The Balaban J connectivity index is 1.56. The van der Waals surface area contributed by atoms with Crippen LogP contribution in [0.15, 0.2) is 24.3 Å². The SMILES string of the molecule is O=C(O)[C@H]1CCCC[C@H]1C(=O)NCc1ccc(N2CCCC2=O)cc1. The lowest BCUT2D eigenvalue weighted by molar-refractivity contribution is -0.148. The van der Waals surface area contributed by atoms with Gasteiger partial charge in [0.15, 0.2) is 0 Å². The van der Waals surface area contributed by atoms with Crippen LogP contribution in [0.2, 0.25) is 0 Å². The normalized spacial score (nSPS) is 23.5. The highest BCUT2D eigenvalue weighted by Crippen LogP contribution is 2.30. The van der Waals surface area contributed by atoms with Crippen molar-refractivity contribution < 1.29 is 19.5 Å². The van der Waals surface area contributed by atoms with Crippen LogP contribution in [-0.4, -0.2) is 29.4 Å². The summed E-state index contributed by atoms with van der Waals surface area (Å²) < 4.78 is 0. The summed E-state index contributed by atoms with van der Waals surface area (Å²) >= 11 is 0. The van der Waals surface area contributed by atoms with Crippen LogP contribution in [0.25, 0.3) is 0 Å². The molecule has 2 fully saturated rings. The number of benzene rings is 1. The molecule has 1 aromatic rings. The average Bonchev–Trinajstić information content (AvgIpc) is 3.06. The number of amides is 2. The summed E-state index contributed by atoms with van der Waals surface area (Å²) in [5.41, 5.74) is 1.82. The molecule has 25 heavy (non-hydrogen) atoms. The molecule has 1 aliphatic carbocycles. The van der Waals surface area contributed by atoms with Crippen LogP contribution in [0.5, 0.6) is 0 Å². The van der Waals surface area contributed by atoms with Crippen molar-refractivity contribution in [2.45, 2.75) is 45.1 Å². The number of hydrogen-bond donors (Lipinski definition) is 2. The van der Waals surface area contributed by atoms with Gasteiger partial charge in [-0.05, 0) is 37.0 Å². The molecule has 2 N–H and O–H groups in total.